The second kappa shape index (κ2) is 7.05. The van der Waals surface area contributed by atoms with E-state index in [9.17, 15) is 0 Å². The molecule has 112 valence electrons. The van der Waals surface area contributed by atoms with Crippen LogP contribution >= 0.6 is 0 Å². The van der Waals surface area contributed by atoms with Crippen molar-refractivity contribution in [2.45, 2.75) is 65.0 Å². The number of ether oxygens (including phenoxy) is 2. The first-order valence-electron chi connectivity index (χ1n) is 8.10. The Morgan fingerprint density at radius 1 is 1.37 bits per heavy atom. The third kappa shape index (κ3) is 4.17. The van der Waals surface area contributed by atoms with Crippen LogP contribution < -0.4 is 5.32 Å². The van der Waals surface area contributed by atoms with Crippen LogP contribution in [-0.2, 0) is 9.47 Å². The summed E-state index contributed by atoms with van der Waals surface area (Å²) in [6, 6.07) is 0.559. The molecule has 1 heterocycles. The molecule has 2 atom stereocenters. The van der Waals surface area contributed by atoms with Crippen molar-refractivity contribution >= 4 is 0 Å². The Hall–Kier alpha value is -0.120. The summed E-state index contributed by atoms with van der Waals surface area (Å²) in [6.07, 6.45) is 6.88. The topological polar surface area (TPSA) is 30.5 Å². The maximum atomic E-state index is 6.10. The van der Waals surface area contributed by atoms with Gasteiger partial charge in [0, 0.05) is 37.8 Å². The Bertz CT molecular complexity index is 265. The molecule has 1 N–H and O–H groups in total. The van der Waals surface area contributed by atoms with Crippen LogP contribution in [-0.4, -0.2) is 38.5 Å². The molecular weight excluding hydrogens is 238 g/mol. The third-order valence-electron chi connectivity index (χ3n) is 4.58. The fraction of sp³-hybridized carbons (Fsp3) is 1.00. The van der Waals surface area contributed by atoms with Gasteiger partial charge in [-0.15, -0.1) is 0 Å². The fourth-order valence-electron chi connectivity index (χ4n) is 3.37. The van der Waals surface area contributed by atoms with Gasteiger partial charge in [0.05, 0.1) is 6.10 Å². The maximum Gasteiger partial charge on any atom is 0.0672 e. The first-order chi connectivity index (χ1) is 9.18. The maximum absolute atomic E-state index is 6.10. The van der Waals surface area contributed by atoms with Gasteiger partial charge in [-0.2, -0.15) is 0 Å². The van der Waals surface area contributed by atoms with Crippen LogP contribution in [0.15, 0.2) is 0 Å². The molecule has 1 aliphatic carbocycles. The van der Waals surface area contributed by atoms with Crippen molar-refractivity contribution in [3.05, 3.63) is 0 Å². The molecular formula is C16H31NO2. The van der Waals surface area contributed by atoms with E-state index in [1.165, 1.54) is 32.1 Å². The number of rotatable bonds is 9. The predicted molar refractivity (Wildman–Crippen MR) is 78.4 cm³/mol. The molecule has 0 spiro atoms. The molecule has 1 aliphatic heterocycles. The van der Waals surface area contributed by atoms with Gasteiger partial charge >= 0.3 is 0 Å². The summed E-state index contributed by atoms with van der Waals surface area (Å²) in [7, 11) is 0. The van der Waals surface area contributed by atoms with Crippen LogP contribution in [0.5, 0.6) is 0 Å². The average molecular weight is 269 g/mol. The zero-order valence-corrected chi connectivity index (χ0v) is 12.9. The predicted octanol–water partition coefficient (Wildman–Crippen LogP) is 2.99. The van der Waals surface area contributed by atoms with Crippen molar-refractivity contribution in [1.82, 2.24) is 5.32 Å². The monoisotopic (exact) mass is 269 g/mol. The average Bonchev–Trinajstić information content (AvgIpc) is 3.14. The summed E-state index contributed by atoms with van der Waals surface area (Å²) in [5.74, 6) is 0.837. The minimum absolute atomic E-state index is 0.364. The van der Waals surface area contributed by atoms with Crippen molar-refractivity contribution in [3.63, 3.8) is 0 Å². The summed E-state index contributed by atoms with van der Waals surface area (Å²) in [4.78, 5) is 0. The van der Waals surface area contributed by atoms with Crippen molar-refractivity contribution < 1.29 is 9.47 Å². The molecule has 2 rings (SSSR count). The van der Waals surface area contributed by atoms with E-state index in [2.05, 4.69) is 26.1 Å². The van der Waals surface area contributed by atoms with Gasteiger partial charge in [0.2, 0.25) is 0 Å². The smallest absolute Gasteiger partial charge is 0.0672 e. The number of nitrogens with one attached hydrogen (secondary N) is 1. The van der Waals surface area contributed by atoms with Gasteiger partial charge in [0.1, 0.15) is 0 Å². The standard InChI is InChI=1S/C16H31NO2/c1-4-18-10-5-8-16(12-17-13(2)3)9-11-19-15(16)14-6-7-14/h13-15,17H,4-12H2,1-3H3. The fourth-order valence-corrected chi connectivity index (χ4v) is 3.37. The largest absolute Gasteiger partial charge is 0.382 e. The van der Waals surface area contributed by atoms with Crippen LogP contribution in [0.1, 0.15) is 52.9 Å². The summed E-state index contributed by atoms with van der Waals surface area (Å²) in [5, 5.41) is 3.66. The molecule has 3 nitrogen and oxygen atoms in total. The van der Waals surface area contributed by atoms with Crippen LogP contribution in [0, 0.1) is 11.3 Å². The molecule has 19 heavy (non-hydrogen) atoms. The van der Waals surface area contributed by atoms with Gasteiger partial charge < -0.3 is 14.8 Å². The molecule has 1 saturated carbocycles. The molecule has 0 amide bonds. The number of hydrogen-bond donors (Lipinski definition) is 1. The zero-order valence-electron chi connectivity index (χ0n) is 12.9. The summed E-state index contributed by atoms with van der Waals surface area (Å²) >= 11 is 0. The van der Waals surface area contributed by atoms with E-state index < -0.39 is 0 Å². The Balaban J connectivity index is 1.90. The Labute approximate surface area is 118 Å². The lowest BCUT2D eigenvalue weighted by Crippen LogP contribution is -2.44. The van der Waals surface area contributed by atoms with Crippen molar-refractivity contribution in [2.24, 2.45) is 11.3 Å². The van der Waals surface area contributed by atoms with Gasteiger partial charge in [-0.1, -0.05) is 13.8 Å². The quantitative estimate of drug-likeness (QED) is 0.653. The Morgan fingerprint density at radius 3 is 2.79 bits per heavy atom. The number of hydrogen-bond acceptors (Lipinski definition) is 3. The molecule has 2 unspecified atom stereocenters. The molecule has 1 saturated heterocycles. The Kier molecular flexibility index (Phi) is 5.67. The van der Waals surface area contributed by atoms with Crippen LogP contribution in [0.3, 0.4) is 0 Å². The highest BCUT2D eigenvalue weighted by molar-refractivity contribution is 5.00. The van der Waals surface area contributed by atoms with Crippen molar-refractivity contribution in [1.29, 1.82) is 0 Å². The van der Waals surface area contributed by atoms with Gasteiger partial charge in [0.15, 0.2) is 0 Å². The lowest BCUT2D eigenvalue weighted by molar-refractivity contribution is 0.0201. The van der Waals surface area contributed by atoms with Crippen molar-refractivity contribution in [2.75, 3.05) is 26.4 Å². The second-order valence-electron chi connectivity index (χ2n) is 6.58. The first-order valence-corrected chi connectivity index (χ1v) is 8.10. The van der Waals surface area contributed by atoms with E-state index >= 15 is 0 Å². The van der Waals surface area contributed by atoms with E-state index in [0.29, 0.717) is 17.6 Å². The van der Waals surface area contributed by atoms with Crippen LogP contribution in [0.25, 0.3) is 0 Å². The SMILES string of the molecule is CCOCCCC1(CNC(C)C)CCOC1C1CC1. The van der Waals surface area contributed by atoms with E-state index in [0.717, 1.165) is 32.3 Å². The molecule has 0 aromatic rings. The zero-order chi connectivity index (χ0) is 13.7. The molecule has 0 aromatic carbocycles. The summed E-state index contributed by atoms with van der Waals surface area (Å²) in [6.45, 7) is 10.3. The lowest BCUT2D eigenvalue weighted by Gasteiger charge is -2.35. The normalized spacial score (nSPS) is 31.3. The molecule has 3 heteroatoms. The summed E-state index contributed by atoms with van der Waals surface area (Å²) in [5.41, 5.74) is 0.364. The van der Waals surface area contributed by atoms with E-state index in [-0.39, 0.29) is 0 Å². The highest BCUT2D eigenvalue weighted by Crippen LogP contribution is 2.49. The van der Waals surface area contributed by atoms with E-state index in [1.807, 2.05) is 0 Å². The molecule has 2 fully saturated rings. The highest BCUT2D eigenvalue weighted by atomic mass is 16.5. The minimum atomic E-state index is 0.364. The Morgan fingerprint density at radius 2 is 2.16 bits per heavy atom. The van der Waals surface area contributed by atoms with Crippen LogP contribution in [0.4, 0.5) is 0 Å². The van der Waals surface area contributed by atoms with E-state index in [4.69, 9.17) is 9.47 Å². The van der Waals surface area contributed by atoms with E-state index in [1.54, 1.807) is 0 Å². The van der Waals surface area contributed by atoms with Gasteiger partial charge in [-0.25, -0.2) is 0 Å². The molecule has 0 radical (unpaired) electrons. The first kappa shape index (κ1) is 15.3. The summed E-state index contributed by atoms with van der Waals surface area (Å²) < 4.78 is 11.6. The van der Waals surface area contributed by atoms with Gasteiger partial charge in [-0.05, 0) is 44.9 Å². The van der Waals surface area contributed by atoms with Gasteiger partial charge in [-0.3, -0.25) is 0 Å². The lowest BCUT2D eigenvalue weighted by atomic mass is 9.75. The minimum Gasteiger partial charge on any atom is -0.382 e. The molecule has 2 aliphatic rings. The van der Waals surface area contributed by atoms with Gasteiger partial charge in [0.25, 0.3) is 0 Å². The van der Waals surface area contributed by atoms with Crippen molar-refractivity contribution in [3.8, 4) is 0 Å². The molecule has 0 bridgehead atoms. The second-order valence-corrected chi connectivity index (χ2v) is 6.58. The van der Waals surface area contributed by atoms with Crippen LogP contribution in [0.2, 0.25) is 0 Å². The highest BCUT2D eigenvalue weighted by Gasteiger charge is 2.50. The molecule has 0 aromatic heterocycles. The third-order valence-corrected chi connectivity index (χ3v) is 4.58.